The van der Waals surface area contributed by atoms with Crippen LogP contribution in [0.5, 0.6) is 11.5 Å². The highest BCUT2D eigenvalue weighted by Gasteiger charge is 2.05. The van der Waals surface area contributed by atoms with E-state index in [1.54, 1.807) is 26.4 Å². The van der Waals surface area contributed by atoms with Crippen molar-refractivity contribution in [3.05, 3.63) is 23.8 Å². The fraction of sp³-hybridized carbons (Fsp3) is 0.455. The van der Waals surface area contributed by atoms with Crippen LogP contribution < -0.4 is 14.8 Å². The summed E-state index contributed by atoms with van der Waals surface area (Å²) in [6.07, 6.45) is 0.519. The molecule has 0 aliphatic rings. The average molecular weight is 268 g/mol. The highest BCUT2D eigenvalue weighted by molar-refractivity contribution is 5.85. The van der Waals surface area contributed by atoms with Gasteiger partial charge in [-0.25, -0.2) is 0 Å². The first-order valence-corrected chi connectivity index (χ1v) is 4.89. The molecule has 0 saturated carbocycles. The SMILES string of the molecule is COc1ccc(CCNC(F)F)cc1OC.Cl. The van der Waals surface area contributed by atoms with Gasteiger partial charge in [-0.2, -0.15) is 8.78 Å². The molecule has 17 heavy (non-hydrogen) atoms. The van der Waals surface area contributed by atoms with Crippen LogP contribution >= 0.6 is 12.4 Å². The standard InChI is InChI=1S/C11H15F2NO2.ClH/c1-15-9-4-3-8(7-10(9)16-2)5-6-14-11(12)13;/h3-4,7,11,14H,5-6H2,1-2H3;1H. The Kier molecular flexibility index (Phi) is 7.58. The fourth-order valence-corrected chi connectivity index (χ4v) is 1.36. The largest absolute Gasteiger partial charge is 0.493 e. The molecule has 0 bridgehead atoms. The van der Waals surface area contributed by atoms with Gasteiger partial charge in [0.25, 0.3) is 6.55 Å². The minimum absolute atomic E-state index is 0. The summed E-state index contributed by atoms with van der Waals surface area (Å²) in [6.45, 7) is -2.24. The summed E-state index contributed by atoms with van der Waals surface area (Å²) < 4.78 is 33.9. The molecular formula is C11H16ClF2NO2. The van der Waals surface area contributed by atoms with E-state index in [9.17, 15) is 8.78 Å². The Morgan fingerprint density at radius 3 is 2.35 bits per heavy atom. The van der Waals surface area contributed by atoms with Crippen molar-refractivity contribution in [1.29, 1.82) is 0 Å². The second-order valence-corrected chi connectivity index (χ2v) is 3.19. The zero-order valence-electron chi connectivity index (χ0n) is 9.70. The number of hydrogen-bond donors (Lipinski definition) is 1. The van der Waals surface area contributed by atoms with Gasteiger partial charge in [-0.15, -0.1) is 12.4 Å². The molecule has 6 heteroatoms. The molecule has 0 amide bonds. The molecule has 0 radical (unpaired) electrons. The van der Waals surface area contributed by atoms with Gasteiger partial charge in [-0.1, -0.05) is 6.07 Å². The van der Waals surface area contributed by atoms with Gasteiger partial charge in [0.2, 0.25) is 0 Å². The third-order valence-electron chi connectivity index (χ3n) is 2.16. The molecular weight excluding hydrogens is 252 g/mol. The number of methoxy groups -OCH3 is 2. The number of halogens is 3. The Morgan fingerprint density at radius 1 is 1.18 bits per heavy atom. The maximum atomic E-state index is 11.8. The zero-order chi connectivity index (χ0) is 12.0. The Bertz CT molecular complexity index is 337. The van der Waals surface area contributed by atoms with E-state index in [4.69, 9.17) is 9.47 Å². The van der Waals surface area contributed by atoms with Crippen molar-refractivity contribution in [2.45, 2.75) is 13.0 Å². The second kappa shape index (κ2) is 8.08. The molecule has 0 fully saturated rings. The highest BCUT2D eigenvalue weighted by Crippen LogP contribution is 2.27. The average Bonchev–Trinajstić information content (AvgIpc) is 2.28. The summed E-state index contributed by atoms with van der Waals surface area (Å²) >= 11 is 0. The van der Waals surface area contributed by atoms with Gasteiger partial charge in [-0.05, 0) is 24.1 Å². The lowest BCUT2D eigenvalue weighted by Gasteiger charge is -2.09. The lowest BCUT2D eigenvalue weighted by atomic mass is 10.1. The van der Waals surface area contributed by atoms with Crippen LogP contribution in [0.3, 0.4) is 0 Å². The van der Waals surface area contributed by atoms with Crippen LogP contribution in [-0.2, 0) is 6.42 Å². The van der Waals surface area contributed by atoms with Gasteiger partial charge in [0.15, 0.2) is 11.5 Å². The Labute approximate surface area is 106 Å². The number of rotatable bonds is 6. The molecule has 0 aliphatic heterocycles. The maximum Gasteiger partial charge on any atom is 0.292 e. The third kappa shape index (κ3) is 5.19. The minimum atomic E-state index is -2.47. The van der Waals surface area contributed by atoms with Gasteiger partial charge in [0, 0.05) is 6.54 Å². The first kappa shape index (κ1) is 15.9. The van der Waals surface area contributed by atoms with Crippen LogP contribution in [0.2, 0.25) is 0 Å². The molecule has 1 N–H and O–H groups in total. The summed E-state index contributed by atoms with van der Waals surface area (Å²) in [5.41, 5.74) is 0.922. The number of benzene rings is 1. The lowest BCUT2D eigenvalue weighted by molar-refractivity contribution is 0.109. The highest BCUT2D eigenvalue weighted by atomic mass is 35.5. The molecule has 0 spiro atoms. The van der Waals surface area contributed by atoms with Crippen molar-refractivity contribution >= 4 is 12.4 Å². The summed E-state index contributed by atoms with van der Waals surface area (Å²) in [6, 6.07) is 5.37. The quantitative estimate of drug-likeness (QED) is 0.804. The molecule has 1 aromatic rings. The van der Waals surface area contributed by atoms with Gasteiger partial charge in [0.1, 0.15) is 0 Å². The van der Waals surface area contributed by atoms with E-state index in [2.05, 4.69) is 5.32 Å². The summed E-state index contributed by atoms with van der Waals surface area (Å²) in [5, 5.41) is 2.05. The molecule has 3 nitrogen and oxygen atoms in total. The monoisotopic (exact) mass is 267 g/mol. The van der Waals surface area contributed by atoms with E-state index in [1.165, 1.54) is 0 Å². The van der Waals surface area contributed by atoms with E-state index in [0.29, 0.717) is 17.9 Å². The molecule has 1 rings (SSSR count). The van der Waals surface area contributed by atoms with Crippen LogP contribution in [0, 0.1) is 0 Å². The van der Waals surface area contributed by atoms with Gasteiger partial charge >= 0.3 is 0 Å². The zero-order valence-corrected chi connectivity index (χ0v) is 10.5. The predicted octanol–water partition coefficient (Wildman–Crippen LogP) is 2.48. The molecule has 0 aromatic heterocycles. The van der Waals surface area contributed by atoms with Gasteiger partial charge < -0.3 is 9.47 Å². The van der Waals surface area contributed by atoms with E-state index in [1.807, 2.05) is 6.07 Å². The normalized spacial score (nSPS) is 9.94. The summed E-state index contributed by atoms with van der Waals surface area (Å²) in [4.78, 5) is 0. The Morgan fingerprint density at radius 2 is 1.82 bits per heavy atom. The van der Waals surface area contributed by atoms with Gasteiger partial charge in [0.05, 0.1) is 14.2 Å². The van der Waals surface area contributed by atoms with E-state index in [0.717, 1.165) is 5.56 Å². The number of nitrogens with one attached hydrogen (secondary N) is 1. The van der Waals surface area contributed by atoms with Crippen molar-refractivity contribution in [3.8, 4) is 11.5 Å². The van der Waals surface area contributed by atoms with Crippen molar-refractivity contribution in [2.75, 3.05) is 20.8 Å². The van der Waals surface area contributed by atoms with Crippen LogP contribution in [0.4, 0.5) is 8.78 Å². The van der Waals surface area contributed by atoms with Crippen molar-refractivity contribution in [1.82, 2.24) is 5.32 Å². The van der Waals surface area contributed by atoms with Crippen molar-refractivity contribution < 1.29 is 18.3 Å². The summed E-state index contributed by atoms with van der Waals surface area (Å²) in [7, 11) is 3.09. The Balaban J connectivity index is 0.00000256. The molecule has 98 valence electrons. The smallest absolute Gasteiger partial charge is 0.292 e. The number of alkyl halides is 2. The lowest BCUT2D eigenvalue weighted by Crippen LogP contribution is -2.22. The van der Waals surface area contributed by atoms with Crippen LogP contribution in [-0.4, -0.2) is 27.3 Å². The maximum absolute atomic E-state index is 11.8. The van der Waals surface area contributed by atoms with Crippen LogP contribution in [0.15, 0.2) is 18.2 Å². The number of ether oxygens (including phenoxy) is 2. The van der Waals surface area contributed by atoms with E-state index < -0.39 is 6.55 Å². The first-order chi connectivity index (χ1) is 7.67. The topological polar surface area (TPSA) is 30.5 Å². The molecule has 0 unspecified atom stereocenters. The summed E-state index contributed by atoms with van der Waals surface area (Å²) in [5.74, 6) is 1.24. The molecule has 0 saturated heterocycles. The Hall–Kier alpha value is -1.07. The third-order valence-corrected chi connectivity index (χ3v) is 2.16. The van der Waals surface area contributed by atoms with Crippen molar-refractivity contribution in [2.24, 2.45) is 0 Å². The molecule has 0 atom stereocenters. The van der Waals surface area contributed by atoms with Crippen LogP contribution in [0.1, 0.15) is 5.56 Å². The fourth-order valence-electron chi connectivity index (χ4n) is 1.36. The molecule has 1 aromatic carbocycles. The van der Waals surface area contributed by atoms with Crippen molar-refractivity contribution in [3.63, 3.8) is 0 Å². The predicted molar refractivity (Wildman–Crippen MR) is 64.5 cm³/mol. The second-order valence-electron chi connectivity index (χ2n) is 3.19. The van der Waals surface area contributed by atoms with Gasteiger partial charge in [-0.3, -0.25) is 5.32 Å². The molecule has 0 aliphatic carbocycles. The van der Waals surface area contributed by atoms with Crippen LogP contribution in [0.25, 0.3) is 0 Å². The first-order valence-electron chi connectivity index (χ1n) is 4.89. The minimum Gasteiger partial charge on any atom is -0.493 e. The van der Waals surface area contributed by atoms with E-state index in [-0.39, 0.29) is 19.0 Å². The number of hydrogen-bond acceptors (Lipinski definition) is 3. The van der Waals surface area contributed by atoms with E-state index >= 15 is 0 Å². The molecule has 0 heterocycles.